The summed E-state index contributed by atoms with van der Waals surface area (Å²) in [5.41, 5.74) is 3.27. The lowest BCUT2D eigenvalue weighted by molar-refractivity contribution is 0.269. The van der Waals surface area contributed by atoms with Crippen molar-refractivity contribution >= 4 is 50.0 Å². The lowest BCUT2D eigenvalue weighted by Crippen LogP contribution is -2.00. The summed E-state index contributed by atoms with van der Waals surface area (Å²) in [6.07, 6.45) is 1.86. The first-order chi connectivity index (χ1) is 16.1. The molecule has 0 aliphatic heterocycles. The van der Waals surface area contributed by atoms with Crippen molar-refractivity contribution in [2.45, 2.75) is 13.5 Å². The normalized spacial score (nSPS) is 11.3. The highest BCUT2D eigenvalue weighted by molar-refractivity contribution is 9.10. The minimum absolute atomic E-state index is 0.388. The van der Waals surface area contributed by atoms with Gasteiger partial charge in [0.05, 0.1) is 18.2 Å². The van der Waals surface area contributed by atoms with Crippen molar-refractivity contribution in [3.63, 3.8) is 0 Å². The summed E-state index contributed by atoms with van der Waals surface area (Å²) in [6.45, 7) is 2.81. The minimum Gasteiger partial charge on any atom is -0.490 e. The molecule has 4 aromatic rings. The smallest absolute Gasteiger partial charge is 0.162 e. The number of nitrogens with zero attached hydrogens (tertiary/aromatic N) is 1. The Morgan fingerprint density at radius 2 is 1.67 bits per heavy atom. The van der Waals surface area contributed by atoms with E-state index in [0.717, 1.165) is 31.9 Å². The van der Waals surface area contributed by atoms with E-state index in [0.29, 0.717) is 35.3 Å². The zero-order valence-corrected chi connectivity index (χ0v) is 20.4. The molecule has 0 aromatic heterocycles. The van der Waals surface area contributed by atoms with Crippen molar-refractivity contribution in [3.8, 4) is 17.6 Å². The Hall–Kier alpha value is -3.26. The molecule has 0 aliphatic rings. The number of benzene rings is 4. The molecular weight excluding hydrogens is 498 g/mol. The molecule has 5 heteroatoms. The molecule has 0 saturated heterocycles. The summed E-state index contributed by atoms with van der Waals surface area (Å²) in [4.78, 5) is 0. The summed E-state index contributed by atoms with van der Waals surface area (Å²) in [6, 6.07) is 27.8. The van der Waals surface area contributed by atoms with Gasteiger partial charge in [0.1, 0.15) is 6.61 Å². The van der Waals surface area contributed by atoms with E-state index in [4.69, 9.17) is 21.1 Å². The number of hydrogen-bond acceptors (Lipinski definition) is 3. The van der Waals surface area contributed by atoms with Crippen LogP contribution in [0.15, 0.2) is 83.3 Å². The Morgan fingerprint density at radius 3 is 2.39 bits per heavy atom. The molecule has 0 radical (unpaired) electrons. The van der Waals surface area contributed by atoms with Gasteiger partial charge in [-0.05, 0) is 70.8 Å². The fourth-order valence-corrected chi connectivity index (χ4v) is 4.04. The van der Waals surface area contributed by atoms with Crippen molar-refractivity contribution in [2.75, 3.05) is 6.61 Å². The summed E-state index contributed by atoms with van der Waals surface area (Å²) >= 11 is 9.60. The van der Waals surface area contributed by atoms with Crippen LogP contribution in [0, 0.1) is 11.3 Å². The van der Waals surface area contributed by atoms with Crippen LogP contribution in [0.25, 0.3) is 22.4 Å². The number of ether oxygens (including phenoxy) is 2. The maximum absolute atomic E-state index is 9.86. The predicted octanol–water partition coefficient (Wildman–Crippen LogP) is 8.30. The second kappa shape index (κ2) is 10.6. The molecule has 0 amide bonds. The maximum Gasteiger partial charge on any atom is 0.162 e. The Kier molecular flexibility index (Phi) is 7.34. The molecular formula is C28H21BrClNO2. The molecule has 0 fully saturated rings. The molecule has 0 heterocycles. The van der Waals surface area contributed by atoms with E-state index < -0.39 is 0 Å². The molecule has 0 saturated carbocycles. The standard InChI is InChI=1S/C28H21BrClNO2/c1-2-32-27-15-23(26(29)16-28(27)33-18-19-7-11-25(30)12-8-19)14-24(17-31)22-10-9-20-5-3-4-6-21(20)13-22/h3-16H,2,18H2,1H3/b24-14-. The third kappa shape index (κ3) is 5.57. The van der Waals surface area contributed by atoms with Gasteiger partial charge < -0.3 is 9.47 Å². The van der Waals surface area contributed by atoms with Gasteiger partial charge in [-0.15, -0.1) is 0 Å². The molecule has 0 bridgehead atoms. The van der Waals surface area contributed by atoms with Gasteiger partial charge in [-0.3, -0.25) is 0 Å². The lowest BCUT2D eigenvalue weighted by Gasteiger charge is -2.14. The minimum atomic E-state index is 0.388. The highest BCUT2D eigenvalue weighted by Crippen LogP contribution is 2.36. The number of fused-ring (bicyclic) bond motifs is 1. The summed E-state index contributed by atoms with van der Waals surface area (Å²) in [7, 11) is 0. The quantitative estimate of drug-likeness (QED) is 0.182. The monoisotopic (exact) mass is 517 g/mol. The zero-order chi connectivity index (χ0) is 23.2. The van der Waals surface area contributed by atoms with Gasteiger partial charge in [-0.1, -0.05) is 76.1 Å². The topological polar surface area (TPSA) is 42.2 Å². The average Bonchev–Trinajstić information content (AvgIpc) is 2.84. The van der Waals surface area contributed by atoms with Crippen LogP contribution in [0.5, 0.6) is 11.5 Å². The van der Waals surface area contributed by atoms with Gasteiger partial charge in [0.25, 0.3) is 0 Å². The molecule has 33 heavy (non-hydrogen) atoms. The van der Waals surface area contributed by atoms with Crippen molar-refractivity contribution in [2.24, 2.45) is 0 Å². The van der Waals surface area contributed by atoms with Crippen LogP contribution in [0.1, 0.15) is 23.6 Å². The van der Waals surface area contributed by atoms with Crippen LogP contribution in [-0.2, 0) is 6.61 Å². The molecule has 0 aliphatic carbocycles. The van der Waals surface area contributed by atoms with Gasteiger partial charge in [0.2, 0.25) is 0 Å². The second-order valence-electron chi connectivity index (χ2n) is 7.40. The first kappa shape index (κ1) is 22.9. The van der Waals surface area contributed by atoms with Crippen LogP contribution in [0.3, 0.4) is 0 Å². The van der Waals surface area contributed by atoms with Gasteiger partial charge in [0.15, 0.2) is 11.5 Å². The fraction of sp³-hybridized carbons (Fsp3) is 0.107. The van der Waals surface area contributed by atoms with E-state index in [1.807, 2.05) is 85.8 Å². The van der Waals surface area contributed by atoms with Crippen molar-refractivity contribution in [1.82, 2.24) is 0 Å². The van der Waals surface area contributed by atoms with Crippen LogP contribution in [0.4, 0.5) is 0 Å². The Morgan fingerprint density at radius 1 is 0.939 bits per heavy atom. The summed E-state index contributed by atoms with van der Waals surface area (Å²) in [5.74, 6) is 1.25. The average molecular weight is 519 g/mol. The largest absolute Gasteiger partial charge is 0.490 e. The Balaban J connectivity index is 1.65. The maximum atomic E-state index is 9.86. The molecule has 0 atom stereocenters. The summed E-state index contributed by atoms with van der Waals surface area (Å²) in [5, 5.41) is 12.8. The number of halogens is 2. The van der Waals surface area contributed by atoms with E-state index in [1.54, 1.807) is 0 Å². The third-order valence-corrected chi connectivity index (χ3v) is 6.09. The van der Waals surface area contributed by atoms with Crippen LogP contribution in [-0.4, -0.2) is 6.61 Å². The Bertz CT molecular complexity index is 1360. The van der Waals surface area contributed by atoms with E-state index >= 15 is 0 Å². The fourth-order valence-electron chi connectivity index (χ4n) is 3.48. The van der Waals surface area contributed by atoms with Gasteiger partial charge >= 0.3 is 0 Å². The molecule has 4 aromatic carbocycles. The molecule has 0 unspecified atom stereocenters. The van der Waals surface area contributed by atoms with E-state index in [2.05, 4.69) is 28.1 Å². The van der Waals surface area contributed by atoms with Crippen molar-refractivity contribution in [3.05, 3.63) is 105 Å². The number of hydrogen-bond donors (Lipinski definition) is 0. The zero-order valence-electron chi connectivity index (χ0n) is 18.0. The van der Waals surface area contributed by atoms with E-state index in [1.165, 1.54) is 0 Å². The third-order valence-electron chi connectivity index (χ3n) is 5.15. The highest BCUT2D eigenvalue weighted by atomic mass is 79.9. The first-order valence-electron chi connectivity index (χ1n) is 10.5. The van der Waals surface area contributed by atoms with Gasteiger partial charge in [-0.2, -0.15) is 5.26 Å². The number of rotatable bonds is 7. The number of allylic oxidation sites excluding steroid dienone is 1. The van der Waals surface area contributed by atoms with E-state index in [9.17, 15) is 5.26 Å². The highest BCUT2D eigenvalue weighted by Gasteiger charge is 2.12. The second-order valence-corrected chi connectivity index (χ2v) is 8.69. The molecule has 164 valence electrons. The van der Waals surface area contributed by atoms with Crippen molar-refractivity contribution < 1.29 is 9.47 Å². The van der Waals surface area contributed by atoms with E-state index in [-0.39, 0.29) is 0 Å². The molecule has 0 N–H and O–H groups in total. The van der Waals surface area contributed by atoms with Crippen LogP contribution in [0.2, 0.25) is 5.02 Å². The molecule has 4 rings (SSSR count). The van der Waals surface area contributed by atoms with Crippen molar-refractivity contribution in [1.29, 1.82) is 5.26 Å². The first-order valence-corrected chi connectivity index (χ1v) is 11.7. The Labute approximate surface area is 207 Å². The van der Waals surface area contributed by atoms with Gasteiger partial charge in [0, 0.05) is 9.50 Å². The lowest BCUT2D eigenvalue weighted by atomic mass is 10.00. The number of nitriles is 1. The van der Waals surface area contributed by atoms with Crippen LogP contribution < -0.4 is 9.47 Å². The van der Waals surface area contributed by atoms with Crippen LogP contribution >= 0.6 is 27.5 Å². The summed E-state index contributed by atoms with van der Waals surface area (Å²) < 4.78 is 12.7. The SMILES string of the molecule is CCOc1cc(/C=C(/C#N)c2ccc3ccccc3c2)c(Br)cc1OCc1ccc(Cl)cc1. The molecule has 0 spiro atoms. The molecule has 3 nitrogen and oxygen atoms in total. The predicted molar refractivity (Wildman–Crippen MR) is 139 cm³/mol. The van der Waals surface area contributed by atoms with Gasteiger partial charge in [-0.25, -0.2) is 0 Å².